The Kier molecular flexibility index (Phi) is 6.94. The zero-order valence-electron chi connectivity index (χ0n) is 13.1. The van der Waals surface area contributed by atoms with Crippen molar-refractivity contribution < 1.29 is 0 Å². The van der Waals surface area contributed by atoms with E-state index in [1.807, 2.05) is 11.3 Å². The van der Waals surface area contributed by atoms with Crippen LogP contribution in [0.25, 0.3) is 0 Å². The van der Waals surface area contributed by atoms with Crippen LogP contribution in [-0.4, -0.2) is 35.1 Å². The van der Waals surface area contributed by atoms with Gasteiger partial charge >= 0.3 is 0 Å². The van der Waals surface area contributed by atoms with Gasteiger partial charge in [0.2, 0.25) is 0 Å². The average Bonchev–Trinajstić information content (AvgIpc) is 2.88. The smallest absolute Gasteiger partial charge is 0.107 e. The largest absolute Gasteiger partial charge is 0.310 e. The Bertz CT molecular complexity index is 444. The Hall–Kier alpha value is 0.130. The molecular weight excluding hydrogens is 325 g/mol. The first-order chi connectivity index (χ1) is 9.00. The molecule has 0 amide bonds. The van der Waals surface area contributed by atoms with Gasteiger partial charge in [-0.15, -0.1) is 36.2 Å². The van der Waals surface area contributed by atoms with Gasteiger partial charge in [0.25, 0.3) is 0 Å². The molecular formula is C15H27Cl2N3S. The predicted octanol–water partition coefficient (Wildman–Crippen LogP) is 3.61. The van der Waals surface area contributed by atoms with Gasteiger partial charge in [0.1, 0.15) is 5.01 Å². The molecule has 2 unspecified atom stereocenters. The van der Waals surface area contributed by atoms with E-state index in [9.17, 15) is 0 Å². The minimum Gasteiger partial charge on any atom is -0.310 e. The van der Waals surface area contributed by atoms with Crippen molar-refractivity contribution >= 4 is 36.2 Å². The van der Waals surface area contributed by atoms with Gasteiger partial charge in [-0.1, -0.05) is 20.8 Å². The fourth-order valence-electron chi connectivity index (χ4n) is 3.08. The molecule has 1 aromatic rings. The van der Waals surface area contributed by atoms with Crippen molar-refractivity contribution in [1.29, 1.82) is 0 Å². The molecule has 2 aliphatic heterocycles. The lowest BCUT2D eigenvalue weighted by molar-refractivity contribution is 0.250. The number of hydrogen-bond donors (Lipinski definition) is 1. The summed E-state index contributed by atoms with van der Waals surface area (Å²) in [6.45, 7) is 10.2. The highest BCUT2D eigenvalue weighted by Gasteiger charge is 2.29. The number of nitrogens with one attached hydrogen (secondary N) is 1. The molecule has 0 aliphatic carbocycles. The summed E-state index contributed by atoms with van der Waals surface area (Å²) in [5.41, 5.74) is 1.41. The van der Waals surface area contributed by atoms with E-state index in [0.29, 0.717) is 0 Å². The van der Waals surface area contributed by atoms with Crippen molar-refractivity contribution in [2.75, 3.05) is 13.1 Å². The molecule has 1 aromatic heterocycles. The molecule has 2 bridgehead atoms. The van der Waals surface area contributed by atoms with Crippen molar-refractivity contribution in [3.05, 3.63) is 16.1 Å². The van der Waals surface area contributed by atoms with Crippen LogP contribution in [-0.2, 0) is 12.0 Å². The lowest BCUT2D eigenvalue weighted by Crippen LogP contribution is -2.34. The lowest BCUT2D eigenvalue weighted by atomic mass is 9.93. The van der Waals surface area contributed by atoms with Gasteiger partial charge in [0.15, 0.2) is 0 Å². The second kappa shape index (κ2) is 7.60. The second-order valence-corrected chi connectivity index (χ2v) is 7.98. The molecule has 1 N–H and O–H groups in total. The van der Waals surface area contributed by atoms with Crippen LogP contribution in [0.3, 0.4) is 0 Å². The van der Waals surface area contributed by atoms with E-state index in [1.54, 1.807) is 0 Å². The highest BCUT2D eigenvalue weighted by atomic mass is 35.5. The third-order valence-corrected chi connectivity index (χ3v) is 5.12. The van der Waals surface area contributed by atoms with Crippen LogP contribution in [0.1, 0.15) is 50.7 Å². The van der Waals surface area contributed by atoms with Gasteiger partial charge in [0, 0.05) is 36.0 Å². The number of halogens is 2. The van der Waals surface area contributed by atoms with E-state index in [0.717, 1.165) is 18.6 Å². The summed E-state index contributed by atoms with van der Waals surface area (Å²) >= 11 is 1.82. The first kappa shape index (κ1) is 19.2. The van der Waals surface area contributed by atoms with Crippen LogP contribution in [0, 0.1) is 0 Å². The maximum Gasteiger partial charge on any atom is 0.107 e. The number of aromatic nitrogens is 1. The third-order valence-electron chi connectivity index (χ3n) is 4.29. The van der Waals surface area contributed by atoms with Gasteiger partial charge in [0.05, 0.1) is 12.2 Å². The fraction of sp³-hybridized carbons (Fsp3) is 0.800. The fourth-order valence-corrected chi connectivity index (χ4v) is 4.14. The van der Waals surface area contributed by atoms with E-state index >= 15 is 0 Å². The maximum absolute atomic E-state index is 4.82. The van der Waals surface area contributed by atoms with Crippen molar-refractivity contribution in [2.24, 2.45) is 0 Å². The van der Waals surface area contributed by atoms with Crippen LogP contribution in [0.15, 0.2) is 5.38 Å². The van der Waals surface area contributed by atoms with Crippen LogP contribution in [0.4, 0.5) is 0 Å². The molecule has 6 heteroatoms. The first-order valence-corrected chi connectivity index (χ1v) is 8.32. The second-order valence-electron chi connectivity index (χ2n) is 7.04. The van der Waals surface area contributed by atoms with Crippen molar-refractivity contribution in [1.82, 2.24) is 15.2 Å². The topological polar surface area (TPSA) is 28.2 Å². The quantitative estimate of drug-likeness (QED) is 0.881. The van der Waals surface area contributed by atoms with Crippen LogP contribution < -0.4 is 5.32 Å². The Balaban J connectivity index is 0.00000110. The number of hydrogen-bond acceptors (Lipinski definition) is 4. The normalized spacial score (nSPS) is 25.9. The monoisotopic (exact) mass is 351 g/mol. The lowest BCUT2D eigenvalue weighted by Gasteiger charge is -2.22. The third kappa shape index (κ3) is 4.80. The summed E-state index contributed by atoms with van der Waals surface area (Å²) in [7, 11) is 0. The summed E-state index contributed by atoms with van der Waals surface area (Å²) in [6, 6.07) is 1.49. The molecule has 3 heterocycles. The van der Waals surface area contributed by atoms with Gasteiger partial charge in [-0.25, -0.2) is 4.98 Å². The summed E-state index contributed by atoms with van der Waals surface area (Å²) in [4.78, 5) is 7.41. The minimum absolute atomic E-state index is 0. The molecule has 0 saturated carbocycles. The Morgan fingerprint density at radius 1 is 1.24 bits per heavy atom. The molecule has 3 nitrogen and oxygen atoms in total. The number of fused-ring (bicyclic) bond motifs is 2. The highest BCUT2D eigenvalue weighted by molar-refractivity contribution is 7.09. The Labute approximate surface area is 144 Å². The molecule has 3 rings (SSSR count). The minimum atomic E-state index is 0. The van der Waals surface area contributed by atoms with Crippen molar-refractivity contribution in [2.45, 2.75) is 64.1 Å². The molecule has 122 valence electrons. The molecule has 0 aromatic carbocycles. The van der Waals surface area contributed by atoms with E-state index in [2.05, 4.69) is 36.4 Å². The zero-order chi connectivity index (χ0) is 13.5. The first-order valence-electron chi connectivity index (χ1n) is 7.44. The van der Waals surface area contributed by atoms with Crippen LogP contribution in [0.2, 0.25) is 0 Å². The average molecular weight is 352 g/mol. The van der Waals surface area contributed by atoms with Gasteiger partial charge in [-0.2, -0.15) is 0 Å². The van der Waals surface area contributed by atoms with Crippen molar-refractivity contribution in [3.63, 3.8) is 0 Å². The zero-order valence-corrected chi connectivity index (χ0v) is 15.5. The highest BCUT2D eigenvalue weighted by Crippen LogP contribution is 2.26. The SMILES string of the molecule is CC(C)(C)c1csc(CN2CCC3CCC(C2)N3)n1.Cl.Cl. The molecule has 0 radical (unpaired) electrons. The molecule has 2 saturated heterocycles. The van der Waals surface area contributed by atoms with Gasteiger partial charge < -0.3 is 5.32 Å². The van der Waals surface area contributed by atoms with E-state index in [1.165, 1.54) is 43.1 Å². The van der Waals surface area contributed by atoms with E-state index in [4.69, 9.17) is 4.98 Å². The molecule has 2 aliphatic rings. The van der Waals surface area contributed by atoms with E-state index in [-0.39, 0.29) is 30.2 Å². The number of nitrogens with zero attached hydrogens (tertiary/aromatic N) is 2. The molecule has 2 atom stereocenters. The molecule has 0 spiro atoms. The Morgan fingerprint density at radius 3 is 2.62 bits per heavy atom. The molecule has 21 heavy (non-hydrogen) atoms. The van der Waals surface area contributed by atoms with Crippen molar-refractivity contribution in [3.8, 4) is 0 Å². The predicted molar refractivity (Wildman–Crippen MR) is 95.1 cm³/mol. The number of rotatable bonds is 2. The summed E-state index contributed by atoms with van der Waals surface area (Å²) < 4.78 is 0. The summed E-state index contributed by atoms with van der Waals surface area (Å²) in [5, 5.41) is 7.25. The maximum atomic E-state index is 4.82. The van der Waals surface area contributed by atoms with Gasteiger partial charge in [-0.05, 0) is 19.3 Å². The van der Waals surface area contributed by atoms with Gasteiger partial charge in [-0.3, -0.25) is 4.90 Å². The van der Waals surface area contributed by atoms with E-state index < -0.39 is 0 Å². The number of thiazole rings is 1. The summed E-state index contributed by atoms with van der Waals surface area (Å²) in [5.74, 6) is 0. The number of likely N-dealkylation sites (tertiary alicyclic amines) is 1. The Morgan fingerprint density at radius 2 is 1.95 bits per heavy atom. The standard InChI is InChI=1S/C15H25N3S.2ClH/c1-15(2,3)13-10-19-14(17-13)9-18-7-6-11-4-5-12(8-18)16-11;;/h10-12,16H,4-9H2,1-3H3;2*1H. The summed E-state index contributed by atoms with van der Waals surface area (Å²) in [6.07, 6.45) is 4.03. The molecule has 2 fully saturated rings. The van der Waals surface area contributed by atoms with Crippen LogP contribution in [0.5, 0.6) is 0 Å². The van der Waals surface area contributed by atoms with Crippen LogP contribution >= 0.6 is 36.2 Å².